The van der Waals surface area contributed by atoms with Crippen LogP contribution in [-0.2, 0) is 11.0 Å². The average molecular weight is 275 g/mol. The molecule has 3 nitrogen and oxygen atoms in total. The molecule has 0 amide bonds. The highest BCUT2D eigenvalue weighted by Gasteiger charge is 2.30. The second-order valence-corrected chi connectivity index (χ2v) is 7.41. The van der Waals surface area contributed by atoms with Crippen molar-refractivity contribution < 1.29 is 0 Å². The van der Waals surface area contributed by atoms with E-state index in [9.17, 15) is 0 Å². The van der Waals surface area contributed by atoms with Gasteiger partial charge < -0.3 is 5.73 Å². The van der Waals surface area contributed by atoms with E-state index in [-0.39, 0.29) is 11.0 Å². The number of aromatic nitrogens is 2. The largest absolute Gasteiger partial charge is 0.321 e. The summed E-state index contributed by atoms with van der Waals surface area (Å²) in [4.78, 5) is 10.1. The van der Waals surface area contributed by atoms with Crippen molar-refractivity contribution in [3.8, 4) is 10.6 Å². The van der Waals surface area contributed by atoms with Crippen molar-refractivity contribution in [2.75, 3.05) is 0 Å². The van der Waals surface area contributed by atoms with Crippen molar-refractivity contribution in [3.63, 3.8) is 0 Å². The van der Waals surface area contributed by atoms with Crippen LogP contribution in [0.4, 0.5) is 0 Å². The second-order valence-electron chi connectivity index (χ2n) is 6.41. The average Bonchev–Trinajstić information content (AvgIpc) is 2.74. The van der Waals surface area contributed by atoms with Gasteiger partial charge >= 0.3 is 0 Å². The van der Waals surface area contributed by atoms with Gasteiger partial charge in [0.05, 0.1) is 5.69 Å². The van der Waals surface area contributed by atoms with Gasteiger partial charge in [-0.15, -0.1) is 11.3 Å². The van der Waals surface area contributed by atoms with Crippen LogP contribution >= 0.6 is 11.3 Å². The molecule has 102 valence electrons. The smallest absolute Gasteiger partial charge is 0.125 e. The highest BCUT2D eigenvalue weighted by atomic mass is 32.1. The molecule has 2 rings (SSSR count). The molecular formula is C15H21N3S. The lowest BCUT2D eigenvalue weighted by Crippen LogP contribution is -2.31. The SMILES string of the molecule is CC(C)(C)c1nc(-c2cccnc2)sc1C(C)(C)N. The number of thiazole rings is 1. The molecule has 0 aliphatic rings. The van der Waals surface area contributed by atoms with Gasteiger partial charge in [-0.25, -0.2) is 4.98 Å². The fraction of sp³-hybridized carbons (Fsp3) is 0.467. The van der Waals surface area contributed by atoms with E-state index in [1.165, 1.54) is 0 Å². The predicted molar refractivity (Wildman–Crippen MR) is 81.3 cm³/mol. The van der Waals surface area contributed by atoms with Gasteiger partial charge in [0, 0.05) is 33.8 Å². The van der Waals surface area contributed by atoms with Crippen molar-refractivity contribution in [3.05, 3.63) is 35.1 Å². The molecule has 0 saturated heterocycles. The summed E-state index contributed by atoms with van der Waals surface area (Å²) in [5.41, 5.74) is 8.05. The van der Waals surface area contributed by atoms with Crippen molar-refractivity contribution in [1.29, 1.82) is 0 Å². The standard InChI is InChI=1S/C15H21N3S/c1-14(2,3)11-12(15(4,5)16)19-13(18-11)10-7-6-8-17-9-10/h6-9H,16H2,1-5H3. The van der Waals surface area contributed by atoms with Crippen LogP contribution in [0.2, 0.25) is 0 Å². The Hall–Kier alpha value is -1.26. The van der Waals surface area contributed by atoms with E-state index in [1.807, 2.05) is 32.2 Å². The number of pyridine rings is 1. The molecular weight excluding hydrogens is 254 g/mol. The summed E-state index contributed by atoms with van der Waals surface area (Å²) in [5.74, 6) is 0. The van der Waals surface area contributed by atoms with Gasteiger partial charge in [0.2, 0.25) is 0 Å². The molecule has 0 aliphatic carbocycles. The summed E-state index contributed by atoms with van der Waals surface area (Å²) in [5, 5.41) is 0.992. The Bertz CT molecular complexity index is 528. The Balaban J connectivity index is 2.59. The first-order chi connectivity index (χ1) is 8.69. The molecule has 2 aromatic heterocycles. The molecule has 2 heterocycles. The molecule has 0 aliphatic heterocycles. The highest BCUT2D eigenvalue weighted by Crippen LogP contribution is 2.38. The zero-order valence-corrected chi connectivity index (χ0v) is 13.0. The lowest BCUT2D eigenvalue weighted by atomic mass is 9.87. The Morgan fingerprint density at radius 1 is 1.16 bits per heavy atom. The Morgan fingerprint density at radius 2 is 1.84 bits per heavy atom. The topological polar surface area (TPSA) is 51.8 Å². The predicted octanol–water partition coefficient (Wildman–Crippen LogP) is 3.70. The van der Waals surface area contributed by atoms with Gasteiger partial charge in [0.1, 0.15) is 5.01 Å². The maximum atomic E-state index is 6.30. The van der Waals surface area contributed by atoms with Gasteiger partial charge in [-0.1, -0.05) is 20.8 Å². The van der Waals surface area contributed by atoms with Crippen LogP contribution < -0.4 is 5.73 Å². The molecule has 4 heteroatoms. The minimum absolute atomic E-state index is 0.0110. The molecule has 0 unspecified atom stereocenters. The zero-order chi connectivity index (χ0) is 14.3. The van der Waals surface area contributed by atoms with E-state index in [1.54, 1.807) is 17.5 Å². The van der Waals surface area contributed by atoms with Crippen LogP contribution in [0.1, 0.15) is 45.2 Å². The van der Waals surface area contributed by atoms with Crippen molar-refractivity contribution in [1.82, 2.24) is 9.97 Å². The summed E-state index contributed by atoms with van der Waals surface area (Å²) in [6.07, 6.45) is 3.62. The fourth-order valence-electron chi connectivity index (χ4n) is 1.88. The van der Waals surface area contributed by atoms with Gasteiger partial charge in [-0.3, -0.25) is 4.98 Å². The number of nitrogens with zero attached hydrogens (tertiary/aromatic N) is 2. The van der Waals surface area contributed by atoms with Crippen LogP contribution in [-0.4, -0.2) is 9.97 Å². The lowest BCUT2D eigenvalue weighted by molar-refractivity contribution is 0.512. The molecule has 2 aromatic rings. The number of hydrogen-bond donors (Lipinski definition) is 1. The first-order valence-corrected chi connectivity index (χ1v) is 7.22. The van der Waals surface area contributed by atoms with E-state index < -0.39 is 0 Å². The van der Waals surface area contributed by atoms with E-state index in [0.717, 1.165) is 21.1 Å². The molecule has 0 bridgehead atoms. The van der Waals surface area contributed by atoms with Crippen molar-refractivity contribution >= 4 is 11.3 Å². The summed E-state index contributed by atoms with van der Waals surface area (Å²) < 4.78 is 0. The molecule has 0 fully saturated rings. The van der Waals surface area contributed by atoms with Crippen LogP contribution in [0.25, 0.3) is 10.6 Å². The molecule has 0 radical (unpaired) electrons. The lowest BCUT2D eigenvalue weighted by Gasteiger charge is -2.24. The zero-order valence-electron chi connectivity index (χ0n) is 12.2. The summed E-state index contributed by atoms with van der Waals surface area (Å²) in [7, 11) is 0. The third kappa shape index (κ3) is 3.01. The first-order valence-electron chi connectivity index (χ1n) is 6.40. The number of rotatable bonds is 2. The van der Waals surface area contributed by atoms with Crippen LogP contribution in [0, 0.1) is 0 Å². The molecule has 0 aromatic carbocycles. The quantitative estimate of drug-likeness (QED) is 0.909. The molecule has 19 heavy (non-hydrogen) atoms. The molecule has 0 saturated carbocycles. The third-order valence-corrected chi connectivity index (χ3v) is 4.28. The van der Waals surface area contributed by atoms with E-state index in [2.05, 4.69) is 25.8 Å². The molecule has 0 atom stereocenters. The Morgan fingerprint density at radius 3 is 2.26 bits per heavy atom. The minimum atomic E-state index is -0.374. The van der Waals surface area contributed by atoms with Gasteiger partial charge in [0.25, 0.3) is 0 Å². The van der Waals surface area contributed by atoms with Crippen LogP contribution in [0.3, 0.4) is 0 Å². The van der Waals surface area contributed by atoms with Gasteiger partial charge in [-0.2, -0.15) is 0 Å². The highest BCUT2D eigenvalue weighted by molar-refractivity contribution is 7.15. The van der Waals surface area contributed by atoms with Gasteiger partial charge in [-0.05, 0) is 26.0 Å². The summed E-state index contributed by atoms with van der Waals surface area (Å²) in [6.45, 7) is 10.6. The number of hydrogen-bond acceptors (Lipinski definition) is 4. The maximum absolute atomic E-state index is 6.30. The van der Waals surface area contributed by atoms with Crippen molar-refractivity contribution in [2.24, 2.45) is 5.73 Å². The second kappa shape index (κ2) is 4.69. The van der Waals surface area contributed by atoms with Crippen molar-refractivity contribution in [2.45, 2.75) is 45.6 Å². The monoisotopic (exact) mass is 275 g/mol. The summed E-state index contributed by atoms with van der Waals surface area (Å²) >= 11 is 1.67. The van der Waals surface area contributed by atoms with E-state index >= 15 is 0 Å². The van der Waals surface area contributed by atoms with E-state index in [4.69, 9.17) is 10.7 Å². The Labute approximate surface area is 118 Å². The number of nitrogens with two attached hydrogens (primary N) is 1. The third-order valence-electron chi connectivity index (χ3n) is 2.83. The van der Waals surface area contributed by atoms with Crippen LogP contribution in [0.15, 0.2) is 24.5 Å². The molecule has 2 N–H and O–H groups in total. The normalized spacial score (nSPS) is 12.7. The molecule has 0 spiro atoms. The first kappa shape index (κ1) is 14.2. The van der Waals surface area contributed by atoms with E-state index in [0.29, 0.717) is 0 Å². The maximum Gasteiger partial charge on any atom is 0.125 e. The van der Waals surface area contributed by atoms with Crippen LogP contribution in [0.5, 0.6) is 0 Å². The Kier molecular flexibility index (Phi) is 3.49. The minimum Gasteiger partial charge on any atom is -0.321 e. The summed E-state index contributed by atoms with van der Waals surface area (Å²) in [6, 6.07) is 3.96. The fourth-order valence-corrected chi connectivity index (χ4v) is 3.16. The van der Waals surface area contributed by atoms with Gasteiger partial charge in [0.15, 0.2) is 0 Å².